The summed E-state index contributed by atoms with van der Waals surface area (Å²) in [7, 11) is 0. The summed E-state index contributed by atoms with van der Waals surface area (Å²) in [6.45, 7) is 8.78. The molecule has 116 valence electrons. The van der Waals surface area contributed by atoms with Crippen molar-refractivity contribution in [3.8, 4) is 0 Å². The van der Waals surface area contributed by atoms with Crippen LogP contribution in [0.25, 0.3) is 0 Å². The summed E-state index contributed by atoms with van der Waals surface area (Å²) in [5, 5.41) is 3.68. The fourth-order valence-electron chi connectivity index (χ4n) is 3.34. The summed E-state index contributed by atoms with van der Waals surface area (Å²) in [6, 6.07) is 4.45. The summed E-state index contributed by atoms with van der Waals surface area (Å²) in [5.41, 5.74) is 0.482. The zero-order valence-corrected chi connectivity index (χ0v) is 13.0. The molecule has 1 aromatic carbocycles. The van der Waals surface area contributed by atoms with Gasteiger partial charge in [0.15, 0.2) is 11.6 Å². The molecule has 0 amide bonds. The zero-order valence-electron chi connectivity index (χ0n) is 13.0. The second-order valence-corrected chi connectivity index (χ2v) is 7.43. The molecule has 1 aromatic rings. The molecule has 21 heavy (non-hydrogen) atoms. The van der Waals surface area contributed by atoms with E-state index in [9.17, 15) is 8.78 Å². The van der Waals surface area contributed by atoms with Crippen LogP contribution >= 0.6 is 0 Å². The van der Waals surface area contributed by atoms with E-state index in [0.29, 0.717) is 18.0 Å². The number of rotatable bonds is 3. The third-order valence-corrected chi connectivity index (χ3v) is 5.17. The Kier molecular flexibility index (Phi) is 3.57. The van der Waals surface area contributed by atoms with E-state index >= 15 is 0 Å². The lowest BCUT2D eigenvalue weighted by molar-refractivity contribution is 0.0170. The van der Waals surface area contributed by atoms with Gasteiger partial charge < -0.3 is 5.32 Å². The van der Waals surface area contributed by atoms with Gasteiger partial charge in [0.1, 0.15) is 0 Å². The van der Waals surface area contributed by atoms with Crippen LogP contribution in [0.4, 0.5) is 8.78 Å². The molecule has 1 heterocycles. The minimum absolute atomic E-state index is 0.0623. The van der Waals surface area contributed by atoms with Crippen molar-refractivity contribution in [2.75, 3.05) is 13.1 Å². The maximum Gasteiger partial charge on any atom is 0.163 e. The molecule has 1 saturated carbocycles. The molecule has 2 fully saturated rings. The van der Waals surface area contributed by atoms with E-state index < -0.39 is 11.6 Å². The minimum atomic E-state index is -0.759. The van der Waals surface area contributed by atoms with Gasteiger partial charge in [0.05, 0.1) is 0 Å². The number of benzene rings is 1. The van der Waals surface area contributed by atoms with Crippen molar-refractivity contribution < 1.29 is 8.78 Å². The Morgan fingerprint density at radius 2 is 1.95 bits per heavy atom. The van der Waals surface area contributed by atoms with Gasteiger partial charge in [0.2, 0.25) is 0 Å². The molecule has 1 atom stereocenters. The highest BCUT2D eigenvalue weighted by Gasteiger charge is 2.48. The molecule has 4 heteroatoms. The second-order valence-electron chi connectivity index (χ2n) is 7.43. The first kappa shape index (κ1) is 14.9. The molecule has 2 aliphatic rings. The molecule has 0 aromatic heterocycles. The second kappa shape index (κ2) is 5.03. The van der Waals surface area contributed by atoms with Crippen molar-refractivity contribution in [2.45, 2.75) is 51.2 Å². The fraction of sp³-hybridized carbons (Fsp3) is 0.647. The molecule has 2 nitrogen and oxygen atoms in total. The quantitative estimate of drug-likeness (QED) is 0.920. The fourth-order valence-corrected chi connectivity index (χ4v) is 3.34. The first-order valence-electron chi connectivity index (χ1n) is 7.75. The average molecular weight is 294 g/mol. The van der Waals surface area contributed by atoms with E-state index in [1.165, 1.54) is 18.9 Å². The molecule has 1 aliphatic heterocycles. The third-order valence-electron chi connectivity index (χ3n) is 5.17. The molecule has 0 bridgehead atoms. The summed E-state index contributed by atoms with van der Waals surface area (Å²) in [5.74, 6) is -0.751. The maximum atomic E-state index is 14.0. The van der Waals surface area contributed by atoms with Crippen molar-refractivity contribution >= 4 is 0 Å². The molecule has 1 unspecified atom stereocenters. The lowest BCUT2D eigenvalue weighted by atomic mass is 9.86. The average Bonchev–Trinajstić information content (AvgIpc) is 3.25. The van der Waals surface area contributed by atoms with Gasteiger partial charge in [-0.1, -0.05) is 12.1 Å². The Morgan fingerprint density at radius 3 is 2.62 bits per heavy atom. The summed E-state index contributed by atoms with van der Waals surface area (Å²) in [6.07, 6.45) is 2.54. The monoisotopic (exact) mass is 294 g/mol. The van der Waals surface area contributed by atoms with Crippen LogP contribution < -0.4 is 5.32 Å². The smallest absolute Gasteiger partial charge is 0.163 e. The van der Waals surface area contributed by atoms with Gasteiger partial charge in [-0.3, -0.25) is 4.90 Å². The first-order valence-corrected chi connectivity index (χ1v) is 7.75. The molecular weight excluding hydrogens is 270 g/mol. The van der Waals surface area contributed by atoms with Gasteiger partial charge in [-0.25, -0.2) is 8.78 Å². The Morgan fingerprint density at radius 1 is 1.24 bits per heavy atom. The number of halogens is 2. The first-order chi connectivity index (χ1) is 9.82. The summed E-state index contributed by atoms with van der Waals surface area (Å²) >= 11 is 0. The molecule has 0 spiro atoms. The number of hydrogen-bond donors (Lipinski definition) is 1. The van der Waals surface area contributed by atoms with E-state index in [-0.39, 0.29) is 11.1 Å². The Bertz CT molecular complexity index is 540. The van der Waals surface area contributed by atoms with Gasteiger partial charge in [-0.2, -0.15) is 0 Å². The van der Waals surface area contributed by atoms with Crippen LogP contribution in [0.2, 0.25) is 0 Å². The summed E-state index contributed by atoms with van der Waals surface area (Å²) in [4.78, 5) is 2.29. The Balaban J connectivity index is 1.82. The third kappa shape index (κ3) is 2.84. The van der Waals surface area contributed by atoms with Gasteiger partial charge in [-0.15, -0.1) is 0 Å². The Hall–Kier alpha value is -1.00. The topological polar surface area (TPSA) is 15.3 Å². The normalized spacial score (nSPS) is 29.6. The van der Waals surface area contributed by atoms with Crippen molar-refractivity contribution in [1.82, 2.24) is 10.2 Å². The highest BCUT2D eigenvalue weighted by atomic mass is 19.2. The lowest BCUT2D eigenvalue weighted by Gasteiger charge is -2.51. The van der Waals surface area contributed by atoms with Crippen LogP contribution in [0, 0.1) is 17.6 Å². The Labute approximate surface area is 125 Å². The van der Waals surface area contributed by atoms with Gasteiger partial charge in [0.25, 0.3) is 0 Å². The highest BCUT2D eigenvalue weighted by molar-refractivity contribution is 5.20. The zero-order chi connectivity index (χ0) is 15.3. The minimum Gasteiger partial charge on any atom is -0.308 e. The van der Waals surface area contributed by atoms with Crippen molar-refractivity contribution in [3.63, 3.8) is 0 Å². The largest absolute Gasteiger partial charge is 0.308 e. The molecule has 0 radical (unpaired) electrons. The van der Waals surface area contributed by atoms with Crippen LogP contribution in [0.15, 0.2) is 18.2 Å². The molecule has 3 rings (SSSR count). The predicted octanol–water partition coefficient (Wildman–Crippen LogP) is 3.32. The summed E-state index contributed by atoms with van der Waals surface area (Å²) < 4.78 is 27.4. The van der Waals surface area contributed by atoms with Crippen molar-refractivity contribution in [2.24, 2.45) is 5.92 Å². The predicted molar refractivity (Wildman–Crippen MR) is 80.0 cm³/mol. The van der Waals surface area contributed by atoms with Gasteiger partial charge in [0, 0.05) is 36.3 Å². The van der Waals surface area contributed by atoms with Crippen molar-refractivity contribution in [3.05, 3.63) is 35.4 Å². The molecular formula is C17H24F2N2. The number of piperazine rings is 1. The van der Waals surface area contributed by atoms with Crippen LogP contribution in [0.5, 0.6) is 0 Å². The molecule has 1 saturated heterocycles. The van der Waals surface area contributed by atoms with E-state index in [2.05, 4.69) is 31.0 Å². The maximum absolute atomic E-state index is 14.0. The number of nitrogens with zero attached hydrogens (tertiary/aromatic N) is 1. The van der Waals surface area contributed by atoms with E-state index in [4.69, 9.17) is 0 Å². The molecule has 1 N–H and O–H groups in total. The van der Waals surface area contributed by atoms with Gasteiger partial charge >= 0.3 is 0 Å². The van der Waals surface area contributed by atoms with Crippen molar-refractivity contribution in [1.29, 1.82) is 0 Å². The van der Waals surface area contributed by atoms with E-state index in [1.807, 2.05) is 0 Å². The van der Waals surface area contributed by atoms with Crippen LogP contribution in [0.3, 0.4) is 0 Å². The van der Waals surface area contributed by atoms with Crippen LogP contribution in [-0.2, 0) is 6.54 Å². The van der Waals surface area contributed by atoms with Crippen LogP contribution in [0.1, 0.15) is 39.2 Å². The van der Waals surface area contributed by atoms with Crippen LogP contribution in [-0.4, -0.2) is 29.1 Å². The highest BCUT2D eigenvalue weighted by Crippen LogP contribution is 2.42. The SMILES string of the molecule is CC1(C2CC2)CN(Cc2cccc(F)c2F)C(C)(C)CN1. The van der Waals surface area contributed by atoms with Gasteiger partial charge in [-0.05, 0) is 45.6 Å². The van der Waals surface area contributed by atoms with E-state index in [1.54, 1.807) is 12.1 Å². The molecule has 1 aliphatic carbocycles. The lowest BCUT2D eigenvalue weighted by Crippen LogP contribution is -2.67. The standard InChI is InChI=1S/C17H24F2N2/c1-16(2)10-20-17(3,13-7-8-13)11-21(16)9-12-5-4-6-14(18)15(12)19/h4-6,13,20H,7-11H2,1-3H3. The number of hydrogen-bond acceptors (Lipinski definition) is 2. The number of nitrogens with one attached hydrogen (secondary N) is 1. The van der Waals surface area contributed by atoms with E-state index in [0.717, 1.165) is 13.1 Å².